The molecule has 0 radical (unpaired) electrons. The summed E-state index contributed by atoms with van der Waals surface area (Å²) in [6, 6.07) is -1.38. The second kappa shape index (κ2) is 6.23. The van der Waals surface area contributed by atoms with Crippen molar-refractivity contribution in [2.75, 3.05) is 20.6 Å². The molecule has 19 heavy (non-hydrogen) atoms. The molecule has 0 saturated carbocycles. The minimum absolute atomic E-state index is 0.197. The van der Waals surface area contributed by atoms with Crippen LogP contribution in [0.5, 0.6) is 0 Å². The number of hydrogen-bond donors (Lipinski definition) is 3. The zero-order valence-corrected chi connectivity index (χ0v) is 13.0. The standard InChI is InChI=1S/C13H27N3O3/c1-12(2,3)9(10(17)18)15-11(19)14-8-13(4,5)16(6)7/h9H,8H2,1-7H3,(H,17,18)(H2,14,15,19)/t9-/m0/s1. The fourth-order valence-electron chi connectivity index (χ4n) is 1.29. The van der Waals surface area contributed by atoms with Gasteiger partial charge in [0.1, 0.15) is 6.04 Å². The molecule has 3 N–H and O–H groups in total. The first-order valence-electron chi connectivity index (χ1n) is 6.32. The van der Waals surface area contributed by atoms with Gasteiger partial charge in [-0.25, -0.2) is 9.59 Å². The molecule has 6 heteroatoms. The number of likely N-dealkylation sites (N-methyl/N-ethyl adjacent to an activating group) is 1. The van der Waals surface area contributed by atoms with E-state index in [0.29, 0.717) is 6.54 Å². The summed E-state index contributed by atoms with van der Waals surface area (Å²) in [5.41, 5.74) is -0.738. The topological polar surface area (TPSA) is 81.7 Å². The lowest BCUT2D eigenvalue weighted by Gasteiger charge is -2.33. The number of carbonyl (C=O) groups is 2. The minimum Gasteiger partial charge on any atom is -0.480 e. The molecule has 0 rings (SSSR count). The van der Waals surface area contributed by atoms with E-state index in [1.807, 2.05) is 32.8 Å². The number of amides is 2. The number of nitrogens with one attached hydrogen (secondary N) is 2. The Morgan fingerprint density at radius 3 is 1.95 bits per heavy atom. The number of nitrogens with zero attached hydrogens (tertiary/aromatic N) is 1. The normalized spacial score (nSPS) is 14.1. The summed E-state index contributed by atoms with van der Waals surface area (Å²) in [6.45, 7) is 9.74. The van der Waals surface area contributed by atoms with Crippen LogP contribution in [0, 0.1) is 5.41 Å². The van der Waals surface area contributed by atoms with Gasteiger partial charge in [0.15, 0.2) is 0 Å². The molecular formula is C13H27N3O3. The number of carboxylic acid groups (broad SMARTS) is 1. The molecule has 0 fully saturated rings. The van der Waals surface area contributed by atoms with Gasteiger partial charge < -0.3 is 20.6 Å². The van der Waals surface area contributed by atoms with Gasteiger partial charge in [-0.1, -0.05) is 20.8 Å². The average molecular weight is 273 g/mol. The highest BCUT2D eigenvalue weighted by atomic mass is 16.4. The summed E-state index contributed by atoms with van der Waals surface area (Å²) in [5, 5.41) is 14.3. The maximum Gasteiger partial charge on any atom is 0.326 e. The van der Waals surface area contributed by atoms with Crippen LogP contribution in [0.3, 0.4) is 0 Å². The van der Waals surface area contributed by atoms with Crippen LogP contribution in [0.1, 0.15) is 34.6 Å². The van der Waals surface area contributed by atoms with Crippen LogP contribution in [0.4, 0.5) is 4.79 Å². The molecule has 1 atom stereocenters. The lowest BCUT2D eigenvalue weighted by atomic mass is 9.87. The van der Waals surface area contributed by atoms with Crippen molar-refractivity contribution < 1.29 is 14.7 Å². The van der Waals surface area contributed by atoms with E-state index in [1.165, 1.54) is 0 Å². The van der Waals surface area contributed by atoms with Crippen molar-refractivity contribution in [1.82, 2.24) is 15.5 Å². The molecule has 0 unspecified atom stereocenters. The number of carbonyl (C=O) groups excluding carboxylic acids is 1. The minimum atomic E-state index is -1.03. The monoisotopic (exact) mass is 273 g/mol. The van der Waals surface area contributed by atoms with E-state index in [9.17, 15) is 9.59 Å². The Hall–Kier alpha value is -1.30. The third kappa shape index (κ3) is 5.92. The van der Waals surface area contributed by atoms with Gasteiger partial charge in [0.05, 0.1) is 0 Å². The molecule has 0 aromatic carbocycles. The maximum atomic E-state index is 11.8. The fraction of sp³-hybridized carbons (Fsp3) is 0.846. The lowest BCUT2D eigenvalue weighted by Crippen LogP contribution is -2.55. The molecule has 112 valence electrons. The van der Waals surface area contributed by atoms with Crippen LogP contribution in [-0.2, 0) is 4.79 Å². The Morgan fingerprint density at radius 1 is 1.16 bits per heavy atom. The Labute approximate surface area is 115 Å². The van der Waals surface area contributed by atoms with Crippen molar-refractivity contribution in [2.45, 2.75) is 46.2 Å². The van der Waals surface area contributed by atoms with Gasteiger partial charge in [-0.2, -0.15) is 0 Å². The summed E-state index contributed by atoms with van der Waals surface area (Å²) < 4.78 is 0. The predicted molar refractivity (Wildman–Crippen MR) is 75.2 cm³/mol. The molecule has 0 aliphatic rings. The number of carboxylic acids is 1. The Morgan fingerprint density at radius 2 is 1.63 bits per heavy atom. The van der Waals surface area contributed by atoms with Crippen LogP contribution >= 0.6 is 0 Å². The third-order valence-corrected chi connectivity index (χ3v) is 3.28. The van der Waals surface area contributed by atoms with Crippen molar-refractivity contribution in [1.29, 1.82) is 0 Å². The van der Waals surface area contributed by atoms with Gasteiger partial charge in [-0.15, -0.1) is 0 Å². The molecule has 0 aromatic rings. The van der Waals surface area contributed by atoms with E-state index < -0.39 is 23.5 Å². The van der Waals surface area contributed by atoms with Gasteiger partial charge in [0.25, 0.3) is 0 Å². The fourth-order valence-corrected chi connectivity index (χ4v) is 1.29. The summed E-state index contributed by atoms with van der Waals surface area (Å²) in [5.74, 6) is -1.03. The van der Waals surface area contributed by atoms with E-state index in [4.69, 9.17) is 5.11 Å². The number of rotatable bonds is 5. The van der Waals surface area contributed by atoms with E-state index in [0.717, 1.165) is 0 Å². The predicted octanol–water partition coefficient (Wildman–Crippen LogP) is 1.13. The smallest absolute Gasteiger partial charge is 0.326 e. The first-order valence-corrected chi connectivity index (χ1v) is 6.32. The second-order valence-electron chi connectivity index (χ2n) is 6.67. The average Bonchev–Trinajstić information content (AvgIpc) is 2.20. The van der Waals surface area contributed by atoms with Gasteiger partial charge in [0.2, 0.25) is 0 Å². The van der Waals surface area contributed by atoms with E-state index in [-0.39, 0.29) is 5.54 Å². The zero-order chi connectivity index (χ0) is 15.4. The summed E-state index contributed by atoms with van der Waals surface area (Å²) in [7, 11) is 3.85. The molecule has 0 bridgehead atoms. The van der Waals surface area contributed by atoms with Crippen LogP contribution in [0.2, 0.25) is 0 Å². The van der Waals surface area contributed by atoms with Gasteiger partial charge in [-0.05, 0) is 33.4 Å². The van der Waals surface area contributed by atoms with Crippen molar-refractivity contribution >= 4 is 12.0 Å². The van der Waals surface area contributed by atoms with Crippen molar-refractivity contribution in [3.8, 4) is 0 Å². The van der Waals surface area contributed by atoms with E-state index in [1.54, 1.807) is 20.8 Å². The first-order chi connectivity index (χ1) is 8.38. The summed E-state index contributed by atoms with van der Waals surface area (Å²) in [4.78, 5) is 24.9. The molecule has 0 aliphatic heterocycles. The summed E-state index contributed by atoms with van der Waals surface area (Å²) >= 11 is 0. The maximum absolute atomic E-state index is 11.8. The Balaban J connectivity index is 4.50. The Kier molecular flexibility index (Phi) is 5.81. The number of urea groups is 1. The van der Waals surface area contributed by atoms with Crippen LogP contribution < -0.4 is 10.6 Å². The van der Waals surface area contributed by atoms with E-state index >= 15 is 0 Å². The highest BCUT2D eigenvalue weighted by Crippen LogP contribution is 2.19. The van der Waals surface area contributed by atoms with Crippen molar-refractivity contribution in [3.05, 3.63) is 0 Å². The SMILES string of the molecule is CN(C)C(C)(C)CNC(=O)N[C@@H](C(=O)O)C(C)(C)C. The van der Waals surface area contributed by atoms with Gasteiger partial charge >= 0.3 is 12.0 Å². The number of hydrogen-bond acceptors (Lipinski definition) is 3. The molecule has 0 aliphatic carbocycles. The quantitative estimate of drug-likeness (QED) is 0.701. The second-order valence-corrected chi connectivity index (χ2v) is 6.67. The van der Waals surface area contributed by atoms with Crippen LogP contribution in [-0.4, -0.2) is 54.2 Å². The highest BCUT2D eigenvalue weighted by molar-refractivity contribution is 5.83. The molecule has 2 amide bonds. The third-order valence-electron chi connectivity index (χ3n) is 3.28. The van der Waals surface area contributed by atoms with Crippen LogP contribution in [0.25, 0.3) is 0 Å². The largest absolute Gasteiger partial charge is 0.480 e. The van der Waals surface area contributed by atoms with Crippen LogP contribution in [0.15, 0.2) is 0 Å². The zero-order valence-electron chi connectivity index (χ0n) is 13.0. The number of aliphatic carboxylic acids is 1. The molecule has 6 nitrogen and oxygen atoms in total. The Bertz CT molecular complexity index is 333. The first kappa shape index (κ1) is 17.7. The molecule has 0 spiro atoms. The van der Waals surface area contributed by atoms with Gasteiger partial charge in [0, 0.05) is 12.1 Å². The van der Waals surface area contributed by atoms with E-state index in [2.05, 4.69) is 10.6 Å². The highest BCUT2D eigenvalue weighted by Gasteiger charge is 2.33. The van der Waals surface area contributed by atoms with Crippen molar-refractivity contribution in [3.63, 3.8) is 0 Å². The molecule has 0 aromatic heterocycles. The molecular weight excluding hydrogens is 246 g/mol. The molecule has 0 heterocycles. The lowest BCUT2D eigenvalue weighted by molar-refractivity contribution is -0.141. The summed E-state index contributed by atoms with van der Waals surface area (Å²) in [6.07, 6.45) is 0. The molecule has 0 saturated heterocycles. The van der Waals surface area contributed by atoms with Crippen molar-refractivity contribution in [2.24, 2.45) is 5.41 Å². The van der Waals surface area contributed by atoms with Gasteiger partial charge in [-0.3, -0.25) is 0 Å².